The summed E-state index contributed by atoms with van der Waals surface area (Å²) in [4.78, 5) is 0. The molecule has 5 saturated carbocycles. The van der Waals surface area contributed by atoms with Gasteiger partial charge in [0.2, 0.25) is 0 Å². The van der Waals surface area contributed by atoms with Gasteiger partial charge in [-0.2, -0.15) is 0 Å². The minimum atomic E-state index is 0.177. The van der Waals surface area contributed by atoms with Gasteiger partial charge in [-0.1, -0.05) is 0 Å². The summed E-state index contributed by atoms with van der Waals surface area (Å²) < 4.78 is 5.78. The fraction of sp³-hybridized carbons (Fsp3) is 1.00. The Labute approximate surface area is 124 Å². The van der Waals surface area contributed by atoms with Gasteiger partial charge in [0, 0.05) is 19.7 Å². The molecule has 114 valence electrons. The van der Waals surface area contributed by atoms with Gasteiger partial charge < -0.3 is 10.1 Å². The van der Waals surface area contributed by atoms with Crippen LogP contribution in [0.3, 0.4) is 0 Å². The van der Waals surface area contributed by atoms with E-state index in [0.717, 1.165) is 24.3 Å². The van der Waals surface area contributed by atoms with E-state index in [1.165, 1.54) is 38.5 Å². The summed E-state index contributed by atoms with van der Waals surface area (Å²) in [7, 11) is 1.90. The van der Waals surface area contributed by atoms with Crippen LogP contribution in [0, 0.1) is 23.2 Å². The molecule has 0 aromatic heterocycles. The molecule has 5 aliphatic carbocycles. The lowest BCUT2D eigenvalue weighted by molar-refractivity contribution is -0.0915. The lowest BCUT2D eigenvalue weighted by atomic mass is 9.48. The van der Waals surface area contributed by atoms with Crippen molar-refractivity contribution in [2.24, 2.45) is 23.2 Å². The zero-order chi connectivity index (χ0) is 13.8. The van der Waals surface area contributed by atoms with Crippen LogP contribution < -0.4 is 5.32 Å². The molecule has 0 radical (unpaired) electrons. The molecule has 0 amide bonds. The number of nitrogens with one attached hydrogen (secondary N) is 1. The van der Waals surface area contributed by atoms with Crippen molar-refractivity contribution >= 4 is 0 Å². The number of rotatable bonds is 5. The van der Waals surface area contributed by atoms with Crippen molar-refractivity contribution in [2.45, 2.75) is 76.4 Å². The van der Waals surface area contributed by atoms with Gasteiger partial charge in [-0.25, -0.2) is 0 Å². The van der Waals surface area contributed by atoms with Gasteiger partial charge in [-0.15, -0.1) is 0 Å². The molecule has 2 nitrogen and oxygen atoms in total. The monoisotopic (exact) mass is 277 g/mol. The smallest absolute Gasteiger partial charge is 0.0802 e. The second kappa shape index (κ2) is 4.71. The number of hydrogen-bond donors (Lipinski definition) is 1. The quantitative estimate of drug-likeness (QED) is 0.826. The summed E-state index contributed by atoms with van der Waals surface area (Å²) in [5, 5.41) is 3.91. The highest BCUT2D eigenvalue weighted by atomic mass is 16.5. The van der Waals surface area contributed by atoms with E-state index < -0.39 is 0 Å². The number of methoxy groups -OCH3 is 1. The molecule has 1 atom stereocenters. The van der Waals surface area contributed by atoms with E-state index in [1.54, 1.807) is 19.3 Å². The van der Waals surface area contributed by atoms with Gasteiger partial charge in [-0.3, -0.25) is 0 Å². The topological polar surface area (TPSA) is 21.3 Å². The Morgan fingerprint density at radius 2 is 1.60 bits per heavy atom. The van der Waals surface area contributed by atoms with Gasteiger partial charge in [0.25, 0.3) is 0 Å². The summed E-state index contributed by atoms with van der Waals surface area (Å²) in [6.45, 7) is 3.54. The first-order valence-electron chi connectivity index (χ1n) is 8.92. The predicted molar refractivity (Wildman–Crippen MR) is 81.7 cm³/mol. The molecular weight excluding hydrogens is 246 g/mol. The second-order valence-corrected chi connectivity index (χ2v) is 8.62. The third kappa shape index (κ3) is 2.06. The predicted octanol–water partition coefficient (Wildman–Crippen LogP) is 3.75. The van der Waals surface area contributed by atoms with Crippen molar-refractivity contribution < 1.29 is 4.74 Å². The molecule has 0 aromatic carbocycles. The third-order valence-electron chi connectivity index (χ3n) is 7.43. The summed E-state index contributed by atoms with van der Waals surface area (Å²) >= 11 is 0. The van der Waals surface area contributed by atoms with Crippen LogP contribution in [0.2, 0.25) is 0 Å². The average molecular weight is 277 g/mol. The minimum absolute atomic E-state index is 0.177. The van der Waals surface area contributed by atoms with Crippen LogP contribution in [-0.2, 0) is 4.74 Å². The molecule has 20 heavy (non-hydrogen) atoms. The summed E-state index contributed by atoms with van der Waals surface area (Å²) in [5.74, 6) is 3.18. The van der Waals surface area contributed by atoms with Crippen LogP contribution >= 0.6 is 0 Å². The van der Waals surface area contributed by atoms with Gasteiger partial charge in [0.05, 0.1) is 5.60 Å². The van der Waals surface area contributed by atoms with E-state index in [4.69, 9.17) is 4.74 Å². The second-order valence-electron chi connectivity index (χ2n) is 8.62. The first-order valence-corrected chi connectivity index (χ1v) is 8.92. The van der Waals surface area contributed by atoms with Gasteiger partial charge in [-0.05, 0) is 87.9 Å². The maximum absolute atomic E-state index is 5.78. The zero-order valence-electron chi connectivity index (χ0n) is 13.3. The molecule has 0 aromatic rings. The Balaban J connectivity index is 1.42. The van der Waals surface area contributed by atoms with Crippen molar-refractivity contribution in [1.29, 1.82) is 0 Å². The highest BCUT2D eigenvalue weighted by Gasteiger charge is 2.53. The number of hydrogen-bond acceptors (Lipinski definition) is 2. The fourth-order valence-corrected chi connectivity index (χ4v) is 6.29. The van der Waals surface area contributed by atoms with E-state index in [1.807, 2.05) is 7.11 Å². The van der Waals surface area contributed by atoms with Crippen LogP contribution in [-0.4, -0.2) is 25.3 Å². The van der Waals surface area contributed by atoms with Crippen LogP contribution in [0.25, 0.3) is 0 Å². The van der Waals surface area contributed by atoms with E-state index in [9.17, 15) is 0 Å². The van der Waals surface area contributed by atoms with Gasteiger partial charge >= 0.3 is 0 Å². The molecule has 5 fully saturated rings. The maximum Gasteiger partial charge on any atom is 0.0802 e. The van der Waals surface area contributed by atoms with Crippen molar-refractivity contribution in [2.75, 3.05) is 13.7 Å². The molecule has 0 aliphatic heterocycles. The first-order chi connectivity index (χ1) is 9.63. The Morgan fingerprint density at radius 3 is 2.00 bits per heavy atom. The lowest BCUT2D eigenvalue weighted by Gasteiger charge is -2.59. The molecular formula is C18H31NO. The molecule has 5 aliphatic rings. The Kier molecular flexibility index (Phi) is 3.20. The highest BCUT2D eigenvalue weighted by Crippen LogP contribution is 2.61. The van der Waals surface area contributed by atoms with E-state index in [0.29, 0.717) is 11.5 Å². The minimum Gasteiger partial charge on any atom is -0.377 e. The molecule has 4 bridgehead atoms. The normalized spacial score (nSPS) is 46.2. The summed E-state index contributed by atoms with van der Waals surface area (Å²) in [6.07, 6.45) is 13.0. The number of ether oxygens (including phenoxy) is 1. The van der Waals surface area contributed by atoms with Crippen molar-refractivity contribution in [1.82, 2.24) is 5.32 Å². The van der Waals surface area contributed by atoms with E-state index in [-0.39, 0.29) is 5.60 Å². The molecule has 5 rings (SSSR count). The Hall–Kier alpha value is -0.0800. The summed E-state index contributed by atoms with van der Waals surface area (Å²) in [5.41, 5.74) is 0.810. The lowest BCUT2D eigenvalue weighted by Crippen LogP contribution is -2.58. The Morgan fingerprint density at radius 1 is 1.05 bits per heavy atom. The van der Waals surface area contributed by atoms with Crippen molar-refractivity contribution in [3.8, 4) is 0 Å². The van der Waals surface area contributed by atoms with Crippen LogP contribution in [0.15, 0.2) is 0 Å². The van der Waals surface area contributed by atoms with Crippen molar-refractivity contribution in [3.05, 3.63) is 0 Å². The third-order valence-corrected chi connectivity index (χ3v) is 7.43. The molecule has 0 spiro atoms. The van der Waals surface area contributed by atoms with Crippen LogP contribution in [0.1, 0.15) is 64.7 Å². The largest absolute Gasteiger partial charge is 0.377 e. The highest BCUT2D eigenvalue weighted by molar-refractivity contribution is 5.06. The van der Waals surface area contributed by atoms with Crippen LogP contribution in [0.4, 0.5) is 0 Å². The van der Waals surface area contributed by atoms with Gasteiger partial charge in [0.15, 0.2) is 0 Å². The zero-order valence-corrected chi connectivity index (χ0v) is 13.3. The Bertz CT molecular complexity index is 333. The SMILES string of the molecule is COC1(CNC(C)C23CC4CC(CC(C4)C2)C3)CCC1. The molecule has 0 saturated heterocycles. The average Bonchev–Trinajstić information content (AvgIpc) is 2.36. The molecule has 2 heteroatoms. The van der Waals surface area contributed by atoms with Crippen molar-refractivity contribution in [3.63, 3.8) is 0 Å². The summed E-state index contributed by atoms with van der Waals surface area (Å²) in [6, 6.07) is 0.684. The van der Waals surface area contributed by atoms with E-state index in [2.05, 4.69) is 12.2 Å². The molecule has 1 unspecified atom stereocenters. The first kappa shape index (κ1) is 13.6. The van der Waals surface area contributed by atoms with Crippen LogP contribution in [0.5, 0.6) is 0 Å². The standard InChI is InChI=1S/C18H31NO/c1-13(19-12-18(20-2)4-3-5-18)17-9-14-6-15(10-17)8-16(7-14)11-17/h13-16,19H,3-12H2,1-2H3. The molecule has 1 N–H and O–H groups in total. The molecule has 0 heterocycles. The fourth-order valence-electron chi connectivity index (χ4n) is 6.29. The maximum atomic E-state index is 5.78. The van der Waals surface area contributed by atoms with E-state index >= 15 is 0 Å². The van der Waals surface area contributed by atoms with Gasteiger partial charge in [0.1, 0.15) is 0 Å².